The molecule has 0 bridgehead atoms. The fraction of sp³-hybridized carbons (Fsp3) is 0.0333. The van der Waals surface area contributed by atoms with E-state index >= 15 is 0 Å². The average molecular weight is 825 g/mol. The molecule has 0 aliphatic heterocycles. The monoisotopic (exact) mass is 824 g/mol. The standard InChI is InChI=1S/C60H48N4/c1-7-19-49(20-8-1)61(50-21-9-2-10-22-50)55-35-31-47(32-36-55)48-33-37-56(38-34-48)64(59-43-39-57(40-44-59)62(51-23-11-3-12-24-51)52-25-13-4-14-26-52)60-45-41-58(42-46-60)63(53-27-15-5-16-28-53)54-29-17-6-18-30-54/h1-21,23-46,50H,22H2. The van der Waals surface area contributed by atoms with E-state index in [1.165, 1.54) is 16.9 Å². The van der Waals surface area contributed by atoms with Crippen LogP contribution in [0, 0.1) is 0 Å². The number of para-hydroxylation sites is 5. The van der Waals surface area contributed by atoms with Gasteiger partial charge in [0.1, 0.15) is 0 Å². The van der Waals surface area contributed by atoms with Crippen molar-refractivity contribution >= 4 is 62.6 Å². The second-order valence-electron chi connectivity index (χ2n) is 15.8. The quantitative estimate of drug-likeness (QED) is 0.115. The number of nitrogens with zero attached hydrogens (tertiary/aromatic N) is 4. The smallest absolute Gasteiger partial charge is 0.0559 e. The Morgan fingerprint density at radius 1 is 0.250 bits per heavy atom. The molecule has 0 spiro atoms. The van der Waals surface area contributed by atoms with Crippen molar-refractivity contribution < 1.29 is 0 Å². The van der Waals surface area contributed by atoms with Crippen molar-refractivity contribution in [3.05, 3.63) is 273 Å². The number of rotatable bonds is 13. The molecule has 9 aromatic carbocycles. The molecule has 308 valence electrons. The molecule has 1 atom stereocenters. The number of hydrogen-bond acceptors (Lipinski definition) is 4. The summed E-state index contributed by atoms with van der Waals surface area (Å²) in [5.74, 6) is 0. The van der Waals surface area contributed by atoms with E-state index in [4.69, 9.17) is 0 Å². The first-order valence-electron chi connectivity index (χ1n) is 22.0. The van der Waals surface area contributed by atoms with Gasteiger partial charge in [-0.1, -0.05) is 140 Å². The van der Waals surface area contributed by atoms with Gasteiger partial charge in [0.2, 0.25) is 0 Å². The highest BCUT2D eigenvalue weighted by atomic mass is 15.2. The molecule has 0 radical (unpaired) electrons. The number of allylic oxidation sites excluding steroid dienone is 2. The van der Waals surface area contributed by atoms with E-state index in [0.717, 1.165) is 63.2 Å². The van der Waals surface area contributed by atoms with Gasteiger partial charge in [0.05, 0.1) is 6.04 Å². The van der Waals surface area contributed by atoms with E-state index < -0.39 is 0 Å². The summed E-state index contributed by atoms with van der Waals surface area (Å²) in [6, 6.07) is 88.9. The van der Waals surface area contributed by atoms with Crippen molar-refractivity contribution in [3.63, 3.8) is 0 Å². The lowest BCUT2D eigenvalue weighted by molar-refractivity contribution is 0.785. The molecule has 1 unspecified atom stereocenters. The largest absolute Gasteiger partial charge is 0.334 e. The van der Waals surface area contributed by atoms with Crippen LogP contribution in [0.1, 0.15) is 6.42 Å². The maximum absolute atomic E-state index is 2.43. The van der Waals surface area contributed by atoms with Crippen molar-refractivity contribution in [1.82, 2.24) is 0 Å². The van der Waals surface area contributed by atoms with Crippen LogP contribution in [-0.4, -0.2) is 6.04 Å². The molecule has 4 nitrogen and oxygen atoms in total. The van der Waals surface area contributed by atoms with Crippen molar-refractivity contribution in [1.29, 1.82) is 0 Å². The Kier molecular flexibility index (Phi) is 11.6. The summed E-state index contributed by atoms with van der Waals surface area (Å²) in [6.45, 7) is 0. The molecule has 4 heteroatoms. The van der Waals surface area contributed by atoms with E-state index in [0.29, 0.717) is 0 Å². The Bertz CT molecular complexity index is 2710. The fourth-order valence-electron chi connectivity index (χ4n) is 8.65. The van der Waals surface area contributed by atoms with Crippen molar-refractivity contribution in [2.45, 2.75) is 12.5 Å². The number of hydrogen-bond donors (Lipinski definition) is 0. The molecule has 0 saturated heterocycles. The SMILES string of the molecule is C1=CCC(N(c2ccccc2)c2ccc(-c3ccc(N(c4ccc(N(c5ccccc5)c5ccccc5)cc4)c4ccc(N(c5ccccc5)c5ccccc5)cc4)cc3)cc2)C=C1. The Balaban J connectivity index is 1.00. The normalized spacial score (nSPS) is 13.0. The van der Waals surface area contributed by atoms with Crippen molar-refractivity contribution in [2.75, 3.05) is 19.6 Å². The van der Waals surface area contributed by atoms with Gasteiger partial charge in [-0.25, -0.2) is 0 Å². The van der Waals surface area contributed by atoms with Crippen LogP contribution < -0.4 is 19.6 Å². The van der Waals surface area contributed by atoms with Gasteiger partial charge in [-0.2, -0.15) is 0 Å². The molecule has 0 N–H and O–H groups in total. The second kappa shape index (κ2) is 18.7. The summed E-state index contributed by atoms with van der Waals surface area (Å²) in [5, 5.41) is 0. The maximum Gasteiger partial charge on any atom is 0.0559 e. The summed E-state index contributed by atoms with van der Waals surface area (Å²) in [4.78, 5) is 9.37. The lowest BCUT2D eigenvalue weighted by atomic mass is 10.0. The maximum atomic E-state index is 2.43. The Morgan fingerprint density at radius 2 is 0.500 bits per heavy atom. The van der Waals surface area contributed by atoms with Crippen LogP contribution in [0.5, 0.6) is 0 Å². The van der Waals surface area contributed by atoms with Crippen LogP contribution in [-0.2, 0) is 0 Å². The molecular formula is C60H48N4. The summed E-state index contributed by atoms with van der Waals surface area (Å²) in [7, 11) is 0. The third-order valence-electron chi connectivity index (χ3n) is 11.7. The van der Waals surface area contributed by atoms with Crippen molar-refractivity contribution in [3.8, 4) is 11.1 Å². The first kappa shape index (κ1) is 39.8. The van der Waals surface area contributed by atoms with Gasteiger partial charge in [0.25, 0.3) is 0 Å². The minimum absolute atomic E-state index is 0.256. The van der Waals surface area contributed by atoms with Crippen LogP contribution in [0.4, 0.5) is 62.6 Å². The Hall–Kier alpha value is -8.34. The molecule has 1 aliphatic carbocycles. The van der Waals surface area contributed by atoms with Crippen LogP contribution >= 0.6 is 0 Å². The predicted octanol–water partition coefficient (Wildman–Crippen LogP) is 16.8. The average Bonchev–Trinajstić information content (AvgIpc) is 3.38. The molecule has 0 saturated carbocycles. The first-order valence-corrected chi connectivity index (χ1v) is 22.0. The van der Waals surface area contributed by atoms with Crippen LogP contribution in [0.15, 0.2) is 273 Å². The molecule has 0 aromatic heterocycles. The summed E-state index contributed by atoms with van der Waals surface area (Å²) in [6.07, 6.45) is 9.79. The van der Waals surface area contributed by atoms with Gasteiger partial charge >= 0.3 is 0 Å². The van der Waals surface area contributed by atoms with Crippen molar-refractivity contribution in [2.24, 2.45) is 0 Å². The van der Waals surface area contributed by atoms with Gasteiger partial charge in [0, 0.05) is 62.6 Å². The van der Waals surface area contributed by atoms with Gasteiger partial charge in [-0.15, -0.1) is 0 Å². The second-order valence-corrected chi connectivity index (χ2v) is 15.8. The topological polar surface area (TPSA) is 13.0 Å². The molecule has 9 aromatic rings. The summed E-state index contributed by atoms with van der Waals surface area (Å²) >= 11 is 0. The number of anilines is 11. The lowest BCUT2D eigenvalue weighted by Gasteiger charge is -2.32. The molecule has 0 fully saturated rings. The lowest BCUT2D eigenvalue weighted by Crippen LogP contribution is -2.29. The van der Waals surface area contributed by atoms with Gasteiger partial charge in [-0.05, 0) is 151 Å². The summed E-state index contributed by atoms with van der Waals surface area (Å²) < 4.78 is 0. The highest BCUT2D eigenvalue weighted by Crippen LogP contribution is 2.42. The van der Waals surface area contributed by atoms with Crippen LogP contribution in [0.25, 0.3) is 11.1 Å². The minimum Gasteiger partial charge on any atom is -0.334 e. The summed E-state index contributed by atoms with van der Waals surface area (Å²) in [5.41, 5.74) is 14.5. The van der Waals surface area contributed by atoms with Gasteiger partial charge < -0.3 is 19.6 Å². The third-order valence-corrected chi connectivity index (χ3v) is 11.7. The molecule has 10 rings (SSSR count). The molecular weight excluding hydrogens is 777 g/mol. The van der Waals surface area contributed by atoms with E-state index in [1.54, 1.807) is 0 Å². The van der Waals surface area contributed by atoms with Gasteiger partial charge in [-0.3, -0.25) is 0 Å². The fourth-order valence-corrected chi connectivity index (χ4v) is 8.65. The third kappa shape index (κ3) is 8.58. The molecule has 0 amide bonds. The molecule has 0 heterocycles. The number of benzene rings is 9. The van der Waals surface area contributed by atoms with E-state index in [-0.39, 0.29) is 6.04 Å². The van der Waals surface area contributed by atoms with Gasteiger partial charge in [0.15, 0.2) is 0 Å². The molecule has 1 aliphatic rings. The zero-order valence-electron chi connectivity index (χ0n) is 35.6. The van der Waals surface area contributed by atoms with E-state index in [9.17, 15) is 0 Å². The van der Waals surface area contributed by atoms with E-state index in [1.807, 2.05) is 0 Å². The Morgan fingerprint density at radius 3 is 0.797 bits per heavy atom. The highest BCUT2D eigenvalue weighted by Gasteiger charge is 2.20. The Labute approximate surface area is 377 Å². The predicted molar refractivity (Wildman–Crippen MR) is 271 cm³/mol. The highest BCUT2D eigenvalue weighted by molar-refractivity contribution is 5.84. The minimum atomic E-state index is 0.256. The van der Waals surface area contributed by atoms with E-state index in [2.05, 4.69) is 293 Å². The van der Waals surface area contributed by atoms with Crippen LogP contribution in [0.2, 0.25) is 0 Å². The van der Waals surface area contributed by atoms with Crippen LogP contribution in [0.3, 0.4) is 0 Å². The molecule has 64 heavy (non-hydrogen) atoms. The first-order chi connectivity index (χ1) is 31.8. The zero-order chi connectivity index (χ0) is 42.9. The zero-order valence-corrected chi connectivity index (χ0v) is 35.6.